The van der Waals surface area contributed by atoms with Gasteiger partial charge in [0, 0.05) is 7.11 Å². The zero-order valence-corrected chi connectivity index (χ0v) is 20.8. The molecule has 0 unspecified atom stereocenters. The summed E-state index contributed by atoms with van der Waals surface area (Å²) in [6, 6.07) is 13.0. The molecule has 8 nitrogen and oxygen atoms in total. The van der Waals surface area contributed by atoms with Crippen molar-refractivity contribution < 1.29 is 28.5 Å². The molecular formula is C23H23BrN2O6S. The minimum atomic E-state index is -0.510. The Morgan fingerprint density at radius 3 is 2.61 bits per heavy atom. The summed E-state index contributed by atoms with van der Waals surface area (Å²) < 4.78 is 21.3. The van der Waals surface area contributed by atoms with Crippen LogP contribution < -0.4 is 9.47 Å². The molecule has 1 aliphatic rings. The minimum absolute atomic E-state index is 0.159. The van der Waals surface area contributed by atoms with E-state index in [1.165, 1.54) is 26.0 Å². The van der Waals surface area contributed by atoms with Gasteiger partial charge in [0.2, 0.25) is 0 Å². The van der Waals surface area contributed by atoms with Gasteiger partial charge >= 0.3 is 5.97 Å². The van der Waals surface area contributed by atoms with E-state index in [0.29, 0.717) is 44.8 Å². The molecule has 0 atom stereocenters. The number of nitrogens with zero attached hydrogens (tertiary/aromatic N) is 2. The lowest BCUT2D eigenvalue weighted by Gasteiger charge is -2.14. The van der Waals surface area contributed by atoms with Crippen molar-refractivity contribution in [2.24, 2.45) is 4.99 Å². The fraction of sp³-hybridized carbons (Fsp3) is 0.261. The van der Waals surface area contributed by atoms with Crippen molar-refractivity contribution in [1.29, 1.82) is 0 Å². The van der Waals surface area contributed by atoms with Crippen LogP contribution in [0.1, 0.15) is 5.56 Å². The fourth-order valence-corrected chi connectivity index (χ4v) is 4.49. The first-order chi connectivity index (χ1) is 16.0. The number of amidine groups is 1. The Labute approximate surface area is 204 Å². The van der Waals surface area contributed by atoms with E-state index in [2.05, 4.69) is 25.7 Å². The number of benzene rings is 2. The second kappa shape index (κ2) is 11.9. The number of esters is 1. The molecule has 0 radical (unpaired) electrons. The van der Waals surface area contributed by atoms with Crippen LogP contribution >= 0.6 is 27.7 Å². The number of thioether (sulfide) groups is 1. The van der Waals surface area contributed by atoms with Crippen LogP contribution in [0.15, 0.2) is 56.8 Å². The Kier molecular flexibility index (Phi) is 8.93. The average molecular weight is 535 g/mol. The Morgan fingerprint density at radius 1 is 1.18 bits per heavy atom. The van der Waals surface area contributed by atoms with Gasteiger partial charge < -0.3 is 18.9 Å². The van der Waals surface area contributed by atoms with E-state index in [4.69, 9.17) is 14.2 Å². The number of hydrogen-bond donors (Lipinski definition) is 0. The van der Waals surface area contributed by atoms with E-state index in [9.17, 15) is 9.59 Å². The number of aliphatic imine (C=N–C) groups is 1. The Hall–Kier alpha value is -2.82. The van der Waals surface area contributed by atoms with Crippen LogP contribution in [0, 0.1) is 0 Å². The van der Waals surface area contributed by atoms with Crippen LogP contribution in [-0.4, -0.2) is 63.0 Å². The number of halogens is 1. The molecule has 1 amide bonds. The molecule has 1 aliphatic heterocycles. The number of rotatable bonds is 9. The first kappa shape index (κ1) is 24.8. The third-order valence-electron chi connectivity index (χ3n) is 4.50. The molecule has 0 aromatic heterocycles. The molecule has 10 heteroatoms. The maximum absolute atomic E-state index is 13.1. The van der Waals surface area contributed by atoms with Gasteiger partial charge in [0.1, 0.15) is 0 Å². The molecule has 2 aromatic rings. The maximum Gasteiger partial charge on any atom is 0.343 e. The number of carbonyl (C=O) groups excluding carboxylic acids is 2. The monoisotopic (exact) mass is 534 g/mol. The summed E-state index contributed by atoms with van der Waals surface area (Å²) in [6.45, 7) is 0.520. The maximum atomic E-state index is 13.1. The molecule has 174 valence electrons. The number of hydrogen-bond acceptors (Lipinski definition) is 8. The average Bonchev–Trinajstić information content (AvgIpc) is 3.10. The van der Waals surface area contributed by atoms with E-state index in [0.717, 1.165) is 5.69 Å². The van der Waals surface area contributed by atoms with Gasteiger partial charge in [-0.25, -0.2) is 9.79 Å². The zero-order valence-electron chi connectivity index (χ0n) is 18.4. The van der Waals surface area contributed by atoms with E-state index in [1.807, 2.05) is 30.3 Å². The number of para-hydroxylation sites is 1. The highest BCUT2D eigenvalue weighted by Gasteiger charge is 2.33. The van der Waals surface area contributed by atoms with Crippen molar-refractivity contribution >= 4 is 56.5 Å². The van der Waals surface area contributed by atoms with E-state index >= 15 is 0 Å². The van der Waals surface area contributed by atoms with Gasteiger partial charge in [0.15, 0.2) is 23.3 Å². The van der Waals surface area contributed by atoms with Crippen molar-refractivity contribution in [3.05, 3.63) is 57.4 Å². The highest BCUT2D eigenvalue weighted by Crippen LogP contribution is 2.39. The summed E-state index contributed by atoms with van der Waals surface area (Å²) in [4.78, 5) is 31.3. The summed E-state index contributed by atoms with van der Waals surface area (Å²) in [5, 5.41) is 0.582. The minimum Gasteiger partial charge on any atom is -0.493 e. The number of methoxy groups -OCH3 is 3. The smallest absolute Gasteiger partial charge is 0.343 e. The van der Waals surface area contributed by atoms with Gasteiger partial charge in [-0.3, -0.25) is 9.69 Å². The molecule has 0 N–H and O–H groups in total. The van der Waals surface area contributed by atoms with Gasteiger partial charge in [-0.05, 0) is 63.6 Å². The first-order valence-electron chi connectivity index (χ1n) is 9.88. The highest BCUT2D eigenvalue weighted by molar-refractivity contribution is 9.10. The lowest BCUT2D eigenvalue weighted by atomic mass is 10.2. The molecule has 1 heterocycles. The van der Waals surface area contributed by atoms with Gasteiger partial charge in [-0.1, -0.05) is 18.2 Å². The van der Waals surface area contributed by atoms with Gasteiger partial charge in [0.05, 0.1) is 42.4 Å². The lowest BCUT2D eigenvalue weighted by Crippen LogP contribution is -2.32. The predicted molar refractivity (Wildman–Crippen MR) is 131 cm³/mol. The standard InChI is InChI=1S/C23H23BrN2O6S/c1-29-10-9-26-22(28)19(33-23(26)25-16-7-5-4-6-8-16)13-15-11-17(24)21(18(12-15)30-2)32-14-20(27)31-3/h4-8,11-13H,9-10,14H2,1-3H3. The topological polar surface area (TPSA) is 86.7 Å². The third-order valence-corrected chi connectivity index (χ3v) is 6.10. The first-order valence-corrected chi connectivity index (χ1v) is 11.5. The van der Waals surface area contributed by atoms with Gasteiger partial charge in [0.25, 0.3) is 5.91 Å². The van der Waals surface area contributed by atoms with Crippen LogP contribution in [0.5, 0.6) is 11.5 Å². The third kappa shape index (κ3) is 6.37. The number of carbonyl (C=O) groups is 2. The number of amides is 1. The SMILES string of the molecule is COCCN1C(=O)C(=Cc2cc(Br)c(OCC(=O)OC)c(OC)c2)SC1=Nc1ccccc1. The molecule has 1 saturated heterocycles. The predicted octanol–water partition coefficient (Wildman–Crippen LogP) is 4.26. The molecule has 2 aromatic carbocycles. The van der Waals surface area contributed by atoms with Crippen molar-refractivity contribution in [1.82, 2.24) is 4.90 Å². The van der Waals surface area contributed by atoms with E-state index in [1.54, 1.807) is 30.2 Å². The molecule has 0 aliphatic carbocycles. The van der Waals surface area contributed by atoms with Crippen molar-refractivity contribution in [2.75, 3.05) is 41.1 Å². The molecule has 0 saturated carbocycles. The van der Waals surface area contributed by atoms with Crippen LogP contribution in [0.4, 0.5) is 5.69 Å². The highest BCUT2D eigenvalue weighted by atomic mass is 79.9. The quantitative estimate of drug-likeness (QED) is 0.350. The van der Waals surface area contributed by atoms with Gasteiger partial charge in [-0.2, -0.15) is 0 Å². The largest absolute Gasteiger partial charge is 0.493 e. The molecule has 33 heavy (non-hydrogen) atoms. The summed E-state index contributed by atoms with van der Waals surface area (Å²) >= 11 is 4.74. The van der Waals surface area contributed by atoms with Crippen molar-refractivity contribution in [3.8, 4) is 11.5 Å². The van der Waals surface area contributed by atoms with Crippen LogP contribution in [0.3, 0.4) is 0 Å². The summed E-state index contributed by atoms with van der Waals surface area (Å²) in [5.41, 5.74) is 1.47. The fourth-order valence-electron chi connectivity index (χ4n) is 2.89. The summed E-state index contributed by atoms with van der Waals surface area (Å²) in [7, 11) is 4.37. The normalized spacial score (nSPS) is 15.9. The second-order valence-electron chi connectivity index (χ2n) is 6.69. The van der Waals surface area contributed by atoms with E-state index < -0.39 is 5.97 Å². The summed E-state index contributed by atoms with van der Waals surface area (Å²) in [6.07, 6.45) is 1.76. The molecule has 0 bridgehead atoms. The van der Waals surface area contributed by atoms with Crippen molar-refractivity contribution in [2.45, 2.75) is 0 Å². The molecule has 1 fully saturated rings. The lowest BCUT2D eigenvalue weighted by molar-refractivity contribution is -0.143. The number of ether oxygens (including phenoxy) is 4. The summed E-state index contributed by atoms with van der Waals surface area (Å²) in [5.74, 6) is 0.103. The van der Waals surface area contributed by atoms with Crippen LogP contribution in [0.2, 0.25) is 0 Å². The van der Waals surface area contributed by atoms with Crippen molar-refractivity contribution in [3.63, 3.8) is 0 Å². The van der Waals surface area contributed by atoms with Gasteiger partial charge in [-0.15, -0.1) is 0 Å². The Morgan fingerprint density at radius 2 is 1.94 bits per heavy atom. The van der Waals surface area contributed by atoms with Crippen LogP contribution in [-0.2, 0) is 19.1 Å². The van der Waals surface area contributed by atoms with Crippen LogP contribution in [0.25, 0.3) is 6.08 Å². The molecule has 3 rings (SSSR count). The van der Waals surface area contributed by atoms with E-state index in [-0.39, 0.29) is 12.5 Å². The molecule has 0 spiro atoms. The Bertz CT molecular complexity index is 1070. The molecular weight excluding hydrogens is 512 g/mol. The Balaban J connectivity index is 1.91. The zero-order chi connectivity index (χ0) is 23.8. The second-order valence-corrected chi connectivity index (χ2v) is 8.55.